The fourth-order valence-electron chi connectivity index (χ4n) is 3.05. The van der Waals surface area contributed by atoms with E-state index in [-0.39, 0.29) is 11.8 Å². The Hall–Kier alpha value is -1.70. The number of hydrogen-bond acceptors (Lipinski definition) is 5. The largest absolute Gasteiger partial charge is 0.469 e. The maximum absolute atomic E-state index is 12.7. The zero-order valence-electron chi connectivity index (χ0n) is 17.5. The highest BCUT2D eigenvalue weighted by molar-refractivity contribution is 14.1. The van der Waals surface area contributed by atoms with E-state index in [9.17, 15) is 14.4 Å². The number of esters is 2. The summed E-state index contributed by atoms with van der Waals surface area (Å²) in [5.41, 5.74) is -0.601. The molecule has 5 nitrogen and oxygen atoms in total. The zero-order valence-corrected chi connectivity index (χ0v) is 19.7. The summed E-state index contributed by atoms with van der Waals surface area (Å²) in [4.78, 5) is 35.6. The molecule has 0 spiro atoms. The number of ketones is 1. The molecule has 29 heavy (non-hydrogen) atoms. The van der Waals surface area contributed by atoms with Crippen molar-refractivity contribution in [2.24, 2.45) is 0 Å². The molecule has 1 aliphatic rings. The Bertz CT molecular complexity index is 702. The molecule has 0 radical (unpaired) electrons. The van der Waals surface area contributed by atoms with Gasteiger partial charge in [-0.2, -0.15) is 0 Å². The first kappa shape index (κ1) is 25.3. The molecule has 1 aliphatic carbocycles. The third-order valence-corrected chi connectivity index (χ3v) is 5.34. The van der Waals surface area contributed by atoms with Gasteiger partial charge in [0.2, 0.25) is 0 Å². The predicted molar refractivity (Wildman–Crippen MR) is 123 cm³/mol. The van der Waals surface area contributed by atoms with Crippen molar-refractivity contribution in [2.75, 3.05) is 7.11 Å². The molecule has 1 unspecified atom stereocenters. The molecule has 0 aliphatic heterocycles. The van der Waals surface area contributed by atoms with Crippen LogP contribution in [0.2, 0.25) is 0 Å². The first-order valence-electron chi connectivity index (χ1n) is 10.1. The van der Waals surface area contributed by atoms with E-state index >= 15 is 0 Å². The van der Waals surface area contributed by atoms with Crippen molar-refractivity contribution in [1.82, 2.24) is 0 Å². The standard InChI is InChI=1S/C23H31IO5/c1-4-5-6-7-10-13-16-23(29-18(2)25)17-20(24)22(27)19(23)14-11-8-9-12-15-21(26)28-3/h8,10-11,13-14,17H,4-7,9,12,15-16H2,1-3H3/b11-8+,13-10-,19-14-. The van der Waals surface area contributed by atoms with Crippen LogP contribution in [0, 0.1) is 0 Å². The van der Waals surface area contributed by atoms with Gasteiger partial charge in [0.05, 0.1) is 10.7 Å². The molecule has 0 saturated heterocycles. The second-order valence-corrected chi connectivity index (χ2v) is 8.11. The van der Waals surface area contributed by atoms with E-state index in [1.54, 1.807) is 18.2 Å². The van der Waals surface area contributed by atoms with Crippen LogP contribution >= 0.6 is 22.6 Å². The van der Waals surface area contributed by atoms with Gasteiger partial charge in [-0.1, -0.05) is 50.1 Å². The lowest BCUT2D eigenvalue weighted by Crippen LogP contribution is -2.33. The summed E-state index contributed by atoms with van der Waals surface area (Å²) in [6.07, 6.45) is 17.8. The highest BCUT2D eigenvalue weighted by Crippen LogP contribution is 2.40. The molecule has 0 aromatic heterocycles. The first-order chi connectivity index (χ1) is 13.9. The fourth-order valence-corrected chi connectivity index (χ4v) is 3.85. The molecular weight excluding hydrogens is 483 g/mol. The minimum Gasteiger partial charge on any atom is -0.469 e. The average molecular weight is 514 g/mol. The van der Waals surface area contributed by atoms with Crippen LogP contribution in [0.5, 0.6) is 0 Å². The van der Waals surface area contributed by atoms with E-state index in [4.69, 9.17) is 4.74 Å². The molecule has 0 aromatic rings. The van der Waals surface area contributed by atoms with Crippen LogP contribution in [0.4, 0.5) is 0 Å². The monoisotopic (exact) mass is 514 g/mol. The lowest BCUT2D eigenvalue weighted by atomic mass is 9.91. The quantitative estimate of drug-likeness (QED) is 0.112. The number of halogens is 1. The summed E-state index contributed by atoms with van der Waals surface area (Å²) >= 11 is 1.99. The number of hydrogen-bond donors (Lipinski definition) is 0. The minimum atomic E-state index is -1.06. The van der Waals surface area contributed by atoms with Crippen LogP contribution in [-0.4, -0.2) is 30.4 Å². The molecule has 1 rings (SSSR count). The van der Waals surface area contributed by atoms with Crippen LogP contribution in [0.1, 0.15) is 65.2 Å². The molecule has 0 N–H and O–H groups in total. The summed E-state index contributed by atoms with van der Waals surface area (Å²) in [6, 6.07) is 0. The van der Waals surface area contributed by atoms with Crippen LogP contribution in [-0.2, 0) is 23.9 Å². The highest BCUT2D eigenvalue weighted by Gasteiger charge is 2.44. The van der Waals surface area contributed by atoms with Gasteiger partial charge in [0, 0.05) is 25.3 Å². The maximum Gasteiger partial charge on any atom is 0.305 e. The van der Waals surface area contributed by atoms with Crippen LogP contribution in [0.15, 0.2) is 45.6 Å². The molecule has 1 atom stereocenters. The van der Waals surface area contributed by atoms with Crippen molar-refractivity contribution < 1.29 is 23.9 Å². The summed E-state index contributed by atoms with van der Waals surface area (Å²) in [5.74, 6) is -0.779. The summed E-state index contributed by atoms with van der Waals surface area (Å²) < 4.78 is 10.8. The SMILES string of the molecule is CCCCC/C=C\CC1(OC(C)=O)C=C(I)C(=O)/C1=C/C=C/CCCC(=O)OC. The predicted octanol–water partition coefficient (Wildman–Crippen LogP) is 5.54. The molecule has 0 heterocycles. The van der Waals surface area contributed by atoms with E-state index in [1.807, 2.05) is 34.7 Å². The van der Waals surface area contributed by atoms with Crippen LogP contribution in [0.25, 0.3) is 0 Å². The number of unbranched alkanes of at least 4 members (excludes halogenated alkanes) is 4. The van der Waals surface area contributed by atoms with Gasteiger partial charge in [0.25, 0.3) is 0 Å². The van der Waals surface area contributed by atoms with E-state index in [2.05, 4.69) is 17.7 Å². The van der Waals surface area contributed by atoms with Crippen molar-refractivity contribution >= 4 is 40.3 Å². The molecule has 0 saturated carbocycles. The van der Waals surface area contributed by atoms with Gasteiger partial charge in [-0.05, 0) is 54.4 Å². The van der Waals surface area contributed by atoms with Crippen molar-refractivity contribution in [3.05, 3.63) is 45.6 Å². The van der Waals surface area contributed by atoms with Gasteiger partial charge in [0.1, 0.15) is 0 Å². The highest BCUT2D eigenvalue weighted by atomic mass is 127. The Morgan fingerprint density at radius 2 is 1.86 bits per heavy atom. The molecule has 0 bridgehead atoms. The van der Waals surface area contributed by atoms with Crippen molar-refractivity contribution in [2.45, 2.75) is 70.8 Å². The third-order valence-electron chi connectivity index (χ3n) is 4.54. The summed E-state index contributed by atoms with van der Waals surface area (Å²) in [5, 5.41) is 0. The second kappa shape index (κ2) is 13.5. The molecule has 0 aromatic carbocycles. The number of ether oxygens (including phenoxy) is 2. The Labute approximate surface area is 187 Å². The van der Waals surface area contributed by atoms with Crippen molar-refractivity contribution in [1.29, 1.82) is 0 Å². The van der Waals surface area contributed by atoms with Crippen molar-refractivity contribution in [3.8, 4) is 0 Å². The van der Waals surface area contributed by atoms with E-state index < -0.39 is 11.6 Å². The average Bonchev–Trinajstić information content (AvgIpc) is 2.90. The topological polar surface area (TPSA) is 69.7 Å². The normalized spacial score (nSPS) is 20.6. The van der Waals surface area contributed by atoms with Crippen molar-refractivity contribution in [3.63, 3.8) is 0 Å². The van der Waals surface area contributed by atoms with E-state index in [0.29, 0.717) is 34.8 Å². The first-order valence-corrected chi connectivity index (χ1v) is 11.2. The third kappa shape index (κ3) is 8.68. The fraction of sp³-hybridized carbons (Fsp3) is 0.522. The van der Waals surface area contributed by atoms with E-state index in [1.165, 1.54) is 26.9 Å². The minimum absolute atomic E-state index is 0.120. The lowest BCUT2D eigenvalue weighted by molar-refractivity contribution is -0.149. The van der Waals surface area contributed by atoms with E-state index in [0.717, 1.165) is 12.8 Å². The number of allylic oxidation sites excluding steroid dienone is 5. The molecular formula is C23H31IO5. The van der Waals surface area contributed by atoms with Gasteiger partial charge < -0.3 is 9.47 Å². The van der Waals surface area contributed by atoms with Crippen LogP contribution in [0.3, 0.4) is 0 Å². The number of Topliss-reactive ketones (excluding diaryl/α,β-unsaturated/α-hetero) is 1. The number of carbonyl (C=O) groups is 3. The Morgan fingerprint density at radius 1 is 1.14 bits per heavy atom. The Balaban J connectivity index is 2.90. The molecule has 0 fully saturated rings. The van der Waals surface area contributed by atoms with Gasteiger partial charge in [-0.15, -0.1) is 0 Å². The Kier molecular flexibility index (Phi) is 11.8. The van der Waals surface area contributed by atoms with Gasteiger partial charge in [-0.3, -0.25) is 14.4 Å². The molecule has 6 heteroatoms. The molecule has 0 amide bonds. The van der Waals surface area contributed by atoms with Crippen LogP contribution < -0.4 is 0 Å². The number of methoxy groups -OCH3 is 1. The number of rotatable bonds is 12. The van der Waals surface area contributed by atoms with Gasteiger partial charge in [0.15, 0.2) is 11.4 Å². The Morgan fingerprint density at radius 3 is 2.52 bits per heavy atom. The zero-order chi connectivity index (χ0) is 21.7. The molecule has 160 valence electrons. The smallest absolute Gasteiger partial charge is 0.305 e. The maximum atomic E-state index is 12.7. The summed E-state index contributed by atoms with van der Waals surface area (Å²) in [6.45, 7) is 3.52. The second-order valence-electron chi connectivity index (χ2n) is 6.95. The number of carbonyl (C=O) groups excluding carboxylic acids is 3. The lowest BCUT2D eigenvalue weighted by Gasteiger charge is -2.27. The summed E-state index contributed by atoms with van der Waals surface area (Å²) in [7, 11) is 1.37. The van der Waals surface area contributed by atoms with Gasteiger partial charge >= 0.3 is 11.9 Å². The van der Waals surface area contributed by atoms with Gasteiger partial charge in [-0.25, -0.2) is 0 Å².